The summed E-state index contributed by atoms with van der Waals surface area (Å²) in [5.41, 5.74) is 1.16. The van der Waals surface area contributed by atoms with Gasteiger partial charge in [0.1, 0.15) is 17.2 Å². The van der Waals surface area contributed by atoms with E-state index in [1.165, 1.54) is 5.69 Å². The fourth-order valence-corrected chi connectivity index (χ4v) is 3.57. The maximum Gasteiger partial charge on any atom is 0.253 e. The van der Waals surface area contributed by atoms with Gasteiger partial charge in [-0.05, 0) is 58.2 Å². The van der Waals surface area contributed by atoms with Crippen molar-refractivity contribution in [3.05, 3.63) is 57.0 Å². The monoisotopic (exact) mass is 435 g/mol. The van der Waals surface area contributed by atoms with Gasteiger partial charge >= 0.3 is 0 Å². The van der Waals surface area contributed by atoms with Crippen molar-refractivity contribution < 1.29 is 0 Å². The SMILES string of the molecule is CN1CCN(c2ccc(Nc3nccc(Nc4c(NC(C)(C)C)c(=O)c4=O)n3)cc2)CC1. The summed E-state index contributed by atoms with van der Waals surface area (Å²) in [4.78, 5) is 37.4. The summed E-state index contributed by atoms with van der Waals surface area (Å²) in [6.45, 7) is 9.93. The van der Waals surface area contributed by atoms with Gasteiger partial charge in [-0.25, -0.2) is 4.98 Å². The van der Waals surface area contributed by atoms with Crippen LogP contribution in [0.2, 0.25) is 0 Å². The maximum absolute atomic E-state index is 12.0. The Morgan fingerprint density at radius 3 is 2.19 bits per heavy atom. The minimum atomic E-state index is -0.552. The largest absolute Gasteiger partial charge is 0.375 e. The minimum Gasteiger partial charge on any atom is -0.375 e. The number of aromatic nitrogens is 2. The zero-order chi connectivity index (χ0) is 22.9. The van der Waals surface area contributed by atoms with E-state index in [4.69, 9.17) is 0 Å². The summed E-state index contributed by atoms with van der Waals surface area (Å²) in [6.07, 6.45) is 1.60. The zero-order valence-corrected chi connectivity index (χ0v) is 18.9. The third-order valence-corrected chi connectivity index (χ3v) is 5.31. The summed E-state index contributed by atoms with van der Waals surface area (Å²) in [6, 6.07) is 9.82. The highest BCUT2D eigenvalue weighted by Gasteiger charge is 2.25. The van der Waals surface area contributed by atoms with Crippen molar-refractivity contribution in [1.29, 1.82) is 0 Å². The summed E-state index contributed by atoms with van der Waals surface area (Å²) < 4.78 is 0. The molecule has 0 radical (unpaired) electrons. The summed E-state index contributed by atoms with van der Waals surface area (Å²) in [7, 11) is 2.14. The molecule has 1 aromatic heterocycles. The predicted molar refractivity (Wildman–Crippen MR) is 129 cm³/mol. The summed E-state index contributed by atoms with van der Waals surface area (Å²) >= 11 is 0. The van der Waals surface area contributed by atoms with E-state index in [0.29, 0.717) is 11.8 Å². The van der Waals surface area contributed by atoms with Gasteiger partial charge in [0, 0.05) is 49.3 Å². The average molecular weight is 436 g/mol. The first-order valence-electron chi connectivity index (χ1n) is 10.7. The molecule has 9 heteroatoms. The number of nitrogens with one attached hydrogen (secondary N) is 3. The fraction of sp³-hybridized carbons (Fsp3) is 0.391. The van der Waals surface area contributed by atoms with Crippen LogP contribution in [0.15, 0.2) is 46.1 Å². The number of hydrogen-bond acceptors (Lipinski definition) is 9. The molecular weight excluding hydrogens is 406 g/mol. The van der Waals surface area contributed by atoms with E-state index < -0.39 is 10.9 Å². The Morgan fingerprint density at radius 2 is 1.53 bits per heavy atom. The lowest BCUT2D eigenvalue weighted by Crippen LogP contribution is -2.44. The Balaban J connectivity index is 1.44. The Kier molecular flexibility index (Phi) is 5.84. The topological polar surface area (TPSA) is 102 Å². The van der Waals surface area contributed by atoms with Crippen molar-refractivity contribution in [2.75, 3.05) is 54.1 Å². The van der Waals surface area contributed by atoms with Crippen LogP contribution in [-0.4, -0.2) is 53.6 Å². The highest BCUT2D eigenvalue weighted by atomic mass is 16.2. The first kappa shape index (κ1) is 21.8. The van der Waals surface area contributed by atoms with E-state index in [2.05, 4.69) is 54.9 Å². The first-order valence-corrected chi connectivity index (χ1v) is 10.7. The molecule has 168 valence electrons. The second-order valence-corrected chi connectivity index (χ2v) is 9.14. The van der Waals surface area contributed by atoms with E-state index in [-0.39, 0.29) is 16.9 Å². The van der Waals surface area contributed by atoms with Crippen molar-refractivity contribution in [3.63, 3.8) is 0 Å². The smallest absolute Gasteiger partial charge is 0.253 e. The number of rotatable bonds is 6. The second-order valence-electron chi connectivity index (χ2n) is 9.14. The van der Waals surface area contributed by atoms with Crippen LogP contribution in [0, 0.1) is 0 Å². The van der Waals surface area contributed by atoms with E-state index in [1.807, 2.05) is 32.9 Å². The summed E-state index contributed by atoms with van der Waals surface area (Å²) in [5, 5.41) is 9.22. The molecule has 3 N–H and O–H groups in total. The van der Waals surface area contributed by atoms with Gasteiger partial charge in [0.05, 0.1) is 0 Å². The highest BCUT2D eigenvalue weighted by Crippen LogP contribution is 2.24. The van der Waals surface area contributed by atoms with Crippen LogP contribution in [-0.2, 0) is 0 Å². The van der Waals surface area contributed by atoms with Gasteiger partial charge in [0.2, 0.25) is 5.95 Å². The molecule has 2 aromatic carbocycles. The Hall–Kier alpha value is -3.46. The zero-order valence-electron chi connectivity index (χ0n) is 18.9. The van der Waals surface area contributed by atoms with E-state index in [1.54, 1.807) is 12.3 Å². The molecule has 1 aliphatic rings. The molecule has 32 heavy (non-hydrogen) atoms. The number of piperazine rings is 1. The van der Waals surface area contributed by atoms with E-state index >= 15 is 0 Å². The molecule has 2 heterocycles. The first-order chi connectivity index (χ1) is 15.2. The van der Waals surface area contributed by atoms with Gasteiger partial charge < -0.3 is 25.8 Å². The molecule has 9 nitrogen and oxygen atoms in total. The maximum atomic E-state index is 12.0. The molecule has 1 aliphatic heterocycles. The molecule has 0 amide bonds. The molecule has 0 aliphatic carbocycles. The molecule has 3 aromatic rings. The Bertz CT molecular complexity index is 1150. The van der Waals surface area contributed by atoms with E-state index in [9.17, 15) is 9.59 Å². The Morgan fingerprint density at radius 1 is 0.875 bits per heavy atom. The number of benzene rings is 1. The number of hydrogen-bond donors (Lipinski definition) is 3. The summed E-state index contributed by atoms with van der Waals surface area (Å²) in [5.74, 6) is 0.826. The van der Waals surface area contributed by atoms with Crippen molar-refractivity contribution >= 4 is 34.5 Å². The predicted octanol–water partition coefficient (Wildman–Crippen LogP) is 2.52. The molecule has 0 unspecified atom stereocenters. The van der Waals surface area contributed by atoms with Crippen molar-refractivity contribution in [3.8, 4) is 0 Å². The number of likely N-dealkylation sites (N-methyl/N-ethyl adjacent to an activating group) is 1. The molecule has 4 rings (SSSR count). The van der Waals surface area contributed by atoms with Crippen LogP contribution in [0.4, 0.5) is 34.5 Å². The van der Waals surface area contributed by atoms with Gasteiger partial charge in [-0.2, -0.15) is 4.98 Å². The minimum absolute atomic E-state index is 0.228. The van der Waals surface area contributed by atoms with Gasteiger partial charge in [-0.3, -0.25) is 9.59 Å². The molecular formula is C23H29N7O2. The number of anilines is 6. The van der Waals surface area contributed by atoms with Gasteiger partial charge in [0.15, 0.2) is 0 Å². The van der Waals surface area contributed by atoms with Crippen LogP contribution in [0.25, 0.3) is 0 Å². The molecule has 0 bridgehead atoms. The average Bonchev–Trinajstić information content (AvgIpc) is 2.77. The Labute approximate surface area is 187 Å². The van der Waals surface area contributed by atoms with Gasteiger partial charge in [-0.15, -0.1) is 0 Å². The lowest BCUT2D eigenvalue weighted by molar-refractivity contribution is 0.313. The molecule has 0 saturated carbocycles. The fourth-order valence-electron chi connectivity index (χ4n) is 3.57. The lowest BCUT2D eigenvalue weighted by Gasteiger charge is -2.34. The van der Waals surface area contributed by atoms with Crippen LogP contribution >= 0.6 is 0 Å². The quantitative estimate of drug-likeness (QED) is 0.504. The van der Waals surface area contributed by atoms with Crippen LogP contribution in [0.5, 0.6) is 0 Å². The van der Waals surface area contributed by atoms with Gasteiger partial charge in [0.25, 0.3) is 10.9 Å². The molecule has 0 spiro atoms. The van der Waals surface area contributed by atoms with Crippen molar-refractivity contribution in [2.24, 2.45) is 0 Å². The van der Waals surface area contributed by atoms with Crippen LogP contribution in [0.1, 0.15) is 20.8 Å². The van der Waals surface area contributed by atoms with Crippen LogP contribution in [0.3, 0.4) is 0 Å². The standard InChI is InChI=1S/C23H29N7O2/c1-23(2,3)28-19-18(20(31)21(19)32)26-17-9-10-24-22(27-17)25-15-5-7-16(8-6-15)30-13-11-29(4)12-14-30/h5-10,28H,11-14H2,1-4H3,(H2,24,25,26,27). The molecule has 0 atom stereocenters. The normalized spacial score (nSPS) is 15.1. The van der Waals surface area contributed by atoms with Crippen molar-refractivity contribution in [1.82, 2.24) is 14.9 Å². The third kappa shape index (κ3) is 4.88. The second kappa shape index (κ2) is 8.58. The highest BCUT2D eigenvalue weighted by molar-refractivity contribution is 5.78. The van der Waals surface area contributed by atoms with Crippen LogP contribution < -0.4 is 31.7 Å². The lowest BCUT2D eigenvalue weighted by atomic mass is 10.1. The third-order valence-electron chi connectivity index (χ3n) is 5.31. The molecule has 1 saturated heterocycles. The van der Waals surface area contributed by atoms with Gasteiger partial charge in [-0.1, -0.05) is 0 Å². The van der Waals surface area contributed by atoms with E-state index in [0.717, 1.165) is 31.9 Å². The number of nitrogens with zero attached hydrogens (tertiary/aromatic N) is 4. The molecule has 1 fully saturated rings. The van der Waals surface area contributed by atoms with Crippen molar-refractivity contribution in [2.45, 2.75) is 26.3 Å².